The SMILES string of the molecule is CCCNC(c1cc(F)ccc1C)C(C)(CC)OC. The van der Waals surface area contributed by atoms with Gasteiger partial charge in [-0.25, -0.2) is 4.39 Å². The maximum atomic E-state index is 13.6. The van der Waals surface area contributed by atoms with Crippen LogP contribution in [0, 0.1) is 12.7 Å². The standard InChI is InChI=1S/C16H26FNO/c1-6-10-18-15(16(4,7-2)19-5)14-11-13(17)9-8-12(14)3/h8-9,11,15,18H,6-7,10H2,1-5H3. The van der Waals surface area contributed by atoms with Crippen molar-refractivity contribution in [2.24, 2.45) is 0 Å². The highest BCUT2D eigenvalue weighted by atomic mass is 19.1. The molecule has 1 aromatic carbocycles. The zero-order valence-electron chi connectivity index (χ0n) is 12.7. The van der Waals surface area contributed by atoms with Gasteiger partial charge in [-0.05, 0) is 56.5 Å². The molecular weight excluding hydrogens is 241 g/mol. The second-order valence-electron chi connectivity index (χ2n) is 5.26. The minimum Gasteiger partial charge on any atom is -0.377 e. The average molecular weight is 267 g/mol. The number of methoxy groups -OCH3 is 1. The van der Waals surface area contributed by atoms with E-state index in [0.29, 0.717) is 0 Å². The molecule has 0 saturated heterocycles. The minimum atomic E-state index is -0.340. The maximum absolute atomic E-state index is 13.6. The van der Waals surface area contributed by atoms with Crippen LogP contribution in [-0.4, -0.2) is 19.3 Å². The number of aryl methyl sites for hydroxylation is 1. The molecule has 0 saturated carbocycles. The summed E-state index contributed by atoms with van der Waals surface area (Å²) in [5.41, 5.74) is 1.74. The number of hydrogen-bond donors (Lipinski definition) is 1. The second kappa shape index (κ2) is 7.01. The Morgan fingerprint density at radius 1 is 1.37 bits per heavy atom. The molecule has 0 aliphatic rings. The quantitative estimate of drug-likeness (QED) is 0.806. The van der Waals surface area contributed by atoms with Gasteiger partial charge < -0.3 is 10.1 Å². The number of halogens is 1. The molecule has 1 rings (SSSR count). The van der Waals surface area contributed by atoms with Crippen molar-refractivity contribution in [1.82, 2.24) is 5.32 Å². The first-order chi connectivity index (χ1) is 8.98. The van der Waals surface area contributed by atoms with E-state index >= 15 is 0 Å². The molecule has 0 spiro atoms. The van der Waals surface area contributed by atoms with Gasteiger partial charge in [-0.15, -0.1) is 0 Å². The van der Waals surface area contributed by atoms with Gasteiger partial charge in [0.25, 0.3) is 0 Å². The van der Waals surface area contributed by atoms with Gasteiger partial charge in [0.1, 0.15) is 5.82 Å². The Balaban J connectivity index is 3.18. The van der Waals surface area contributed by atoms with Crippen molar-refractivity contribution < 1.29 is 9.13 Å². The van der Waals surface area contributed by atoms with E-state index in [1.807, 2.05) is 13.0 Å². The van der Waals surface area contributed by atoms with Crippen LogP contribution >= 0.6 is 0 Å². The predicted octanol–water partition coefficient (Wildman–Crippen LogP) is 3.99. The fraction of sp³-hybridized carbons (Fsp3) is 0.625. The van der Waals surface area contributed by atoms with Crippen LogP contribution in [-0.2, 0) is 4.74 Å². The Morgan fingerprint density at radius 2 is 2.05 bits per heavy atom. The topological polar surface area (TPSA) is 21.3 Å². The molecule has 0 fully saturated rings. The van der Waals surface area contributed by atoms with Gasteiger partial charge in [-0.1, -0.05) is 19.9 Å². The lowest BCUT2D eigenvalue weighted by Gasteiger charge is -2.37. The van der Waals surface area contributed by atoms with Crippen LogP contribution in [0.25, 0.3) is 0 Å². The van der Waals surface area contributed by atoms with Crippen LogP contribution in [0.2, 0.25) is 0 Å². The highest BCUT2D eigenvalue weighted by Gasteiger charge is 2.34. The summed E-state index contributed by atoms with van der Waals surface area (Å²) in [4.78, 5) is 0. The lowest BCUT2D eigenvalue weighted by molar-refractivity contribution is -0.0301. The lowest BCUT2D eigenvalue weighted by Crippen LogP contribution is -2.43. The average Bonchev–Trinajstić information content (AvgIpc) is 2.42. The van der Waals surface area contributed by atoms with Gasteiger partial charge in [0.2, 0.25) is 0 Å². The highest BCUT2D eigenvalue weighted by Crippen LogP contribution is 2.33. The maximum Gasteiger partial charge on any atom is 0.123 e. The molecule has 0 aliphatic carbocycles. The van der Waals surface area contributed by atoms with Gasteiger partial charge in [-0.2, -0.15) is 0 Å². The van der Waals surface area contributed by atoms with Crippen LogP contribution in [0.1, 0.15) is 50.8 Å². The fourth-order valence-electron chi connectivity index (χ4n) is 2.33. The first-order valence-corrected chi connectivity index (χ1v) is 7.03. The first-order valence-electron chi connectivity index (χ1n) is 7.03. The molecule has 2 unspecified atom stereocenters. The highest BCUT2D eigenvalue weighted by molar-refractivity contribution is 5.31. The third-order valence-corrected chi connectivity index (χ3v) is 3.93. The summed E-state index contributed by atoms with van der Waals surface area (Å²) in [6.07, 6.45) is 1.90. The van der Waals surface area contributed by atoms with Crippen LogP contribution in [0.3, 0.4) is 0 Å². The zero-order valence-corrected chi connectivity index (χ0v) is 12.7. The summed E-state index contributed by atoms with van der Waals surface area (Å²) in [6.45, 7) is 9.20. The van der Waals surface area contributed by atoms with Crippen molar-refractivity contribution in [3.8, 4) is 0 Å². The Morgan fingerprint density at radius 3 is 2.58 bits per heavy atom. The van der Waals surface area contributed by atoms with E-state index in [1.165, 1.54) is 6.07 Å². The number of benzene rings is 1. The Bertz CT molecular complexity index is 402. The first kappa shape index (κ1) is 16.1. The van der Waals surface area contributed by atoms with E-state index < -0.39 is 0 Å². The Hall–Kier alpha value is -0.930. The van der Waals surface area contributed by atoms with E-state index in [4.69, 9.17) is 4.74 Å². The van der Waals surface area contributed by atoms with Gasteiger partial charge in [0.05, 0.1) is 11.6 Å². The molecule has 1 aromatic rings. The van der Waals surface area contributed by atoms with Crippen LogP contribution in [0.4, 0.5) is 4.39 Å². The van der Waals surface area contributed by atoms with Crippen molar-refractivity contribution in [3.63, 3.8) is 0 Å². The van der Waals surface area contributed by atoms with Gasteiger partial charge in [-0.3, -0.25) is 0 Å². The van der Waals surface area contributed by atoms with Gasteiger partial charge in [0, 0.05) is 7.11 Å². The zero-order chi connectivity index (χ0) is 14.5. The summed E-state index contributed by atoms with van der Waals surface area (Å²) in [5, 5.41) is 3.50. The largest absolute Gasteiger partial charge is 0.377 e. The molecule has 0 aliphatic heterocycles. The van der Waals surface area contributed by atoms with E-state index in [9.17, 15) is 4.39 Å². The molecular formula is C16H26FNO. The van der Waals surface area contributed by atoms with Crippen molar-refractivity contribution in [3.05, 3.63) is 35.1 Å². The molecule has 0 heterocycles. The number of ether oxygens (including phenoxy) is 1. The van der Waals surface area contributed by atoms with Crippen molar-refractivity contribution >= 4 is 0 Å². The molecule has 3 heteroatoms. The normalized spacial score (nSPS) is 16.1. The third kappa shape index (κ3) is 3.77. The van der Waals surface area contributed by atoms with Crippen molar-refractivity contribution in [2.75, 3.05) is 13.7 Å². The Labute approximate surface area is 116 Å². The summed E-state index contributed by atoms with van der Waals surface area (Å²) in [5.74, 6) is -0.196. The van der Waals surface area contributed by atoms with Crippen molar-refractivity contribution in [2.45, 2.75) is 52.2 Å². The van der Waals surface area contributed by atoms with Crippen molar-refractivity contribution in [1.29, 1.82) is 0 Å². The number of rotatable bonds is 7. The predicted molar refractivity (Wildman–Crippen MR) is 77.9 cm³/mol. The summed E-state index contributed by atoms with van der Waals surface area (Å²) < 4.78 is 19.3. The van der Waals surface area contributed by atoms with E-state index in [-0.39, 0.29) is 17.5 Å². The summed E-state index contributed by atoms with van der Waals surface area (Å²) in [7, 11) is 1.72. The minimum absolute atomic E-state index is 0.00171. The van der Waals surface area contributed by atoms with Gasteiger partial charge >= 0.3 is 0 Å². The lowest BCUT2D eigenvalue weighted by atomic mass is 9.85. The molecule has 0 aromatic heterocycles. The van der Waals surface area contributed by atoms with E-state index in [2.05, 4.69) is 26.1 Å². The summed E-state index contributed by atoms with van der Waals surface area (Å²) in [6, 6.07) is 4.96. The monoisotopic (exact) mass is 267 g/mol. The molecule has 19 heavy (non-hydrogen) atoms. The second-order valence-corrected chi connectivity index (χ2v) is 5.26. The number of nitrogens with one attached hydrogen (secondary N) is 1. The molecule has 0 amide bonds. The smallest absolute Gasteiger partial charge is 0.123 e. The van der Waals surface area contributed by atoms with E-state index in [0.717, 1.165) is 30.5 Å². The van der Waals surface area contributed by atoms with Crippen LogP contribution < -0.4 is 5.32 Å². The molecule has 1 N–H and O–H groups in total. The van der Waals surface area contributed by atoms with Crippen LogP contribution in [0.15, 0.2) is 18.2 Å². The molecule has 2 atom stereocenters. The molecule has 108 valence electrons. The number of hydrogen-bond acceptors (Lipinski definition) is 2. The van der Waals surface area contributed by atoms with E-state index in [1.54, 1.807) is 13.2 Å². The molecule has 2 nitrogen and oxygen atoms in total. The third-order valence-electron chi connectivity index (χ3n) is 3.93. The van der Waals surface area contributed by atoms with Gasteiger partial charge in [0.15, 0.2) is 0 Å². The molecule has 0 bridgehead atoms. The Kier molecular flexibility index (Phi) is 5.95. The summed E-state index contributed by atoms with van der Waals surface area (Å²) >= 11 is 0. The fourth-order valence-corrected chi connectivity index (χ4v) is 2.33. The molecule has 0 radical (unpaired) electrons. The van der Waals surface area contributed by atoms with Crippen LogP contribution in [0.5, 0.6) is 0 Å².